The minimum absolute atomic E-state index is 0.363. The molecule has 1 aromatic carbocycles. The Morgan fingerprint density at radius 1 is 1.40 bits per heavy atom. The number of rotatable bonds is 4. The van der Waals surface area contributed by atoms with Gasteiger partial charge in [0, 0.05) is 29.3 Å². The van der Waals surface area contributed by atoms with E-state index in [0.717, 1.165) is 24.3 Å². The van der Waals surface area contributed by atoms with Crippen molar-refractivity contribution in [3.05, 3.63) is 29.8 Å². The van der Waals surface area contributed by atoms with Crippen LogP contribution >= 0.6 is 0 Å². The van der Waals surface area contributed by atoms with Crippen LogP contribution in [0.5, 0.6) is 0 Å². The highest BCUT2D eigenvalue weighted by Crippen LogP contribution is 2.55. The molecule has 0 heterocycles. The summed E-state index contributed by atoms with van der Waals surface area (Å²) in [5, 5.41) is 3.70. The van der Waals surface area contributed by atoms with Gasteiger partial charge in [-0.2, -0.15) is 0 Å². The Bertz CT molecular complexity index is 510. The van der Waals surface area contributed by atoms with E-state index in [1.807, 2.05) is 12.1 Å². The Hall–Kier alpha value is -1.46. The molecule has 2 atom stereocenters. The molecular weight excluding hydrogens is 246 g/mol. The molecule has 3 rings (SSSR count). The van der Waals surface area contributed by atoms with Gasteiger partial charge in [0.25, 0.3) is 0 Å². The summed E-state index contributed by atoms with van der Waals surface area (Å²) in [6, 6.07) is 8.71. The van der Waals surface area contributed by atoms with Gasteiger partial charge in [0.15, 0.2) is 0 Å². The highest BCUT2D eigenvalue weighted by Gasteiger charge is 2.56. The van der Waals surface area contributed by atoms with Gasteiger partial charge in [0.1, 0.15) is 0 Å². The van der Waals surface area contributed by atoms with Crippen molar-refractivity contribution in [2.75, 3.05) is 11.9 Å². The van der Waals surface area contributed by atoms with Crippen LogP contribution in [-0.4, -0.2) is 18.8 Å². The van der Waals surface area contributed by atoms with Crippen LogP contribution in [0.25, 0.3) is 0 Å². The van der Waals surface area contributed by atoms with Gasteiger partial charge in [-0.15, -0.1) is 6.42 Å². The van der Waals surface area contributed by atoms with E-state index in [1.165, 1.54) is 25.7 Å². The Balaban J connectivity index is 1.73. The lowest BCUT2D eigenvalue weighted by molar-refractivity contribution is -0.114. The van der Waals surface area contributed by atoms with E-state index in [4.69, 9.17) is 11.2 Å². The maximum absolute atomic E-state index is 5.96. The third-order valence-electron chi connectivity index (χ3n) is 5.06. The molecule has 1 spiro atoms. The number of nitrogens with one attached hydrogen (secondary N) is 1. The first-order valence-electron chi connectivity index (χ1n) is 7.73. The second kappa shape index (κ2) is 5.50. The molecule has 1 aromatic rings. The van der Waals surface area contributed by atoms with Crippen LogP contribution < -0.4 is 5.32 Å². The lowest BCUT2D eigenvalue weighted by atomic mass is 9.60. The van der Waals surface area contributed by atoms with Gasteiger partial charge in [-0.3, -0.25) is 0 Å². The Labute approximate surface area is 121 Å². The molecule has 2 aliphatic rings. The highest BCUT2D eigenvalue weighted by atomic mass is 16.5. The van der Waals surface area contributed by atoms with Crippen molar-refractivity contribution in [3.8, 4) is 12.3 Å². The van der Waals surface area contributed by atoms with E-state index >= 15 is 0 Å². The highest BCUT2D eigenvalue weighted by molar-refractivity contribution is 5.51. The first kappa shape index (κ1) is 13.5. The lowest BCUT2D eigenvalue weighted by Crippen LogP contribution is -2.60. The first-order valence-corrected chi connectivity index (χ1v) is 7.73. The van der Waals surface area contributed by atoms with E-state index < -0.39 is 0 Å². The van der Waals surface area contributed by atoms with Crippen LogP contribution in [0.4, 0.5) is 5.69 Å². The van der Waals surface area contributed by atoms with Gasteiger partial charge >= 0.3 is 0 Å². The molecule has 2 nitrogen and oxygen atoms in total. The molecule has 2 aliphatic carbocycles. The lowest BCUT2D eigenvalue weighted by Gasteiger charge is -2.54. The predicted molar refractivity (Wildman–Crippen MR) is 82.7 cm³/mol. The van der Waals surface area contributed by atoms with Crippen LogP contribution in [0.3, 0.4) is 0 Å². The topological polar surface area (TPSA) is 21.3 Å². The van der Waals surface area contributed by atoms with Crippen molar-refractivity contribution < 1.29 is 4.74 Å². The standard InChI is InChI=1S/C18H23NO/c1-3-14-8-7-9-15(12-14)19-16-13-17(20-4-2)18(16)10-5-6-11-18/h1,7-9,12,16-17,19H,4-6,10-11,13H2,2H3. The SMILES string of the molecule is C#Cc1cccc(NC2CC(OCC)C23CCCC3)c1. The van der Waals surface area contributed by atoms with E-state index in [-0.39, 0.29) is 0 Å². The quantitative estimate of drug-likeness (QED) is 0.839. The first-order chi connectivity index (χ1) is 9.78. The predicted octanol–water partition coefficient (Wildman–Crippen LogP) is 3.82. The van der Waals surface area contributed by atoms with E-state index in [9.17, 15) is 0 Å². The monoisotopic (exact) mass is 269 g/mol. The molecule has 0 bridgehead atoms. The Morgan fingerprint density at radius 3 is 2.90 bits per heavy atom. The average molecular weight is 269 g/mol. The molecule has 2 saturated carbocycles. The summed E-state index contributed by atoms with van der Waals surface area (Å²) in [7, 11) is 0. The molecule has 2 fully saturated rings. The zero-order chi connectivity index (χ0) is 14.0. The Kier molecular flexibility index (Phi) is 3.72. The normalized spacial score (nSPS) is 27.0. The molecule has 0 aromatic heterocycles. The molecule has 2 heteroatoms. The number of benzene rings is 1. The van der Waals surface area contributed by atoms with Crippen molar-refractivity contribution in [1.82, 2.24) is 0 Å². The fourth-order valence-electron chi connectivity index (χ4n) is 3.99. The zero-order valence-electron chi connectivity index (χ0n) is 12.2. The van der Waals surface area contributed by atoms with Crippen molar-refractivity contribution in [2.24, 2.45) is 5.41 Å². The molecule has 1 N–H and O–H groups in total. The van der Waals surface area contributed by atoms with Crippen LogP contribution in [0, 0.1) is 17.8 Å². The summed E-state index contributed by atoms with van der Waals surface area (Å²) in [5.74, 6) is 2.70. The van der Waals surface area contributed by atoms with Crippen LogP contribution in [-0.2, 0) is 4.74 Å². The average Bonchev–Trinajstić information content (AvgIpc) is 2.99. The molecule has 2 unspecified atom stereocenters. The summed E-state index contributed by atoms with van der Waals surface area (Å²) in [4.78, 5) is 0. The molecular formula is C18H23NO. The second-order valence-electron chi connectivity index (χ2n) is 6.04. The third-order valence-corrected chi connectivity index (χ3v) is 5.06. The van der Waals surface area contributed by atoms with Crippen LogP contribution in [0.2, 0.25) is 0 Å². The molecule has 0 amide bonds. The molecule has 0 aliphatic heterocycles. The summed E-state index contributed by atoms with van der Waals surface area (Å²) in [6.07, 6.45) is 12.3. The maximum atomic E-state index is 5.96. The third kappa shape index (κ3) is 2.21. The van der Waals surface area contributed by atoms with Crippen LogP contribution in [0.1, 0.15) is 44.6 Å². The molecule has 20 heavy (non-hydrogen) atoms. The molecule has 106 valence electrons. The van der Waals surface area contributed by atoms with Crippen molar-refractivity contribution in [2.45, 2.75) is 51.2 Å². The largest absolute Gasteiger partial charge is 0.382 e. The zero-order valence-corrected chi connectivity index (χ0v) is 12.2. The van der Waals surface area contributed by atoms with E-state index in [2.05, 4.69) is 30.3 Å². The fourth-order valence-corrected chi connectivity index (χ4v) is 3.99. The molecule has 0 saturated heterocycles. The summed E-state index contributed by atoms with van der Waals surface area (Å²) in [5.41, 5.74) is 2.45. The Morgan fingerprint density at radius 2 is 2.20 bits per heavy atom. The number of hydrogen-bond donors (Lipinski definition) is 1. The molecule has 0 radical (unpaired) electrons. The summed E-state index contributed by atoms with van der Waals surface area (Å²) >= 11 is 0. The fraction of sp³-hybridized carbons (Fsp3) is 0.556. The van der Waals surface area contributed by atoms with Crippen molar-refractivity contribution in [3.63, 3.8) is 0 Å². The number of hydrogen-bond acceptors (Lipinski definition) is 2. The minimum Gasteiger partial charge on any atom is -0.382 e. The van der Waals surface area contributed by atoms with E-state index in [0.29, 0.717) is 17.6 Å². The van der Waals surface area contributed by atoms with Crippen LogP contribution in [0.15, 0.2) is 24.3 Å². The van der Waals surface area contributed by atoms with Gasteiger partial charge in [0.05, 0.1) is 6.10 Å². The van der Waals surface area contributed by atoms with Gasteiger partial charge < -0.3 is 10.1 Å². The second-order valence-corrected chi connectivity index (χ2v) is 6.04. The smallest absolute Gasteiger partial charge is 0.0670 e. The number of ether oxygens (including phenoxy) is 1. The van der Waals surface area contributed by atoms with Gasteiger partial charge in [-0.1, -0.05) is 24.8 Å². The van der Waals surface area contributed by atoms with Gasteiger partial charge in [-0.25, -0.2) is 0 Å². The van der Waals surface area contributed by atoms with E-state index in [1.54, 1.807) is 0 Å². The van der Waals surface area contributed by atoms with Crippen molar-refractivity contribution in [1.29, 1.82) is 0 Å². The summed E-state index contributed by atoms with van der Waals surface area (Å²) in [6.45, 7) is 2.92. The van der Waals surface area contributed by atoms with Gasteiger partial charge in [-0.05, 0) is 44.4 Å². The number of terminal acetylenes is 1. The minimum atomic E-state index is 0.363. The number of anilines is 1. The van der Waals surface area contributed by atoms with Crippen molar-refractivity contribution >= 4 is 5.69 Å². The summed E-state index contributed by atoms with van der Waals surface area (Å²) < 4.78 is 5.96. The maximum Gasteiger partial charge on any atom is 0.0670 e. The van der Waals surface area contributed by atoms with Gasteiger partial charge in [0.2, 0.25) is 0 Å².